The van der Waals surface area contributed by atoms with E-state index >= 15 is 0 Å². The molecule has 0 spiro atoms. The van der Waals surface area contributed by atoms with Gasteiger partial charge in [-0.25, -0.2) is 4.79 Å². The highest BCUT2D eigenvalue weighted by atomic mass is 16.6. The number of nitrogens with zero attached hydrogens (tertiary/aromatic N) is 1. The normalized spacial score (nSPS) is 21.5. The van der Waals surface area contributed by atoms with Crippen molar-refractivity contribution in [1.82, 2.24) is 10.3 Å². The van der Waals surface area contributed by atoms with Crippen LogP contribution in [0, 0.1) is 0 Å². The number of aromatic nitrogens is 1. The van der Waals surface area contributed by atoms with E-state index in [9.17, 15) is 4.79 Å². The Balaban J connectivity index is 1.99. The van der Waals surface area contributed by atoms with Crippen LogP contribution in [0.5, 0.6) is 5.75 Å². The first-order valence-corrected chi connectivity index (χ1v) is 6.62. The number of rotatable bonds is 3. The number of nitrogens with one attached hydrogen (secondary N) is 1. The Labute approximate surface area is 113 Å². The smallest absolute Gasteiger partial charge is 0.407 e. The lowest BCUT2D eigenvalue weighted by atomic mass is 9.94. The van der Waals surface area contributed by atoms with Crippen molar-refractivity contribution >= 4 is 6.09 Å². The van der Waals surface area contributed by atoms with E-state index in [0.29, 0.717) is 6.54 Å². The highest BCUT2D eigenvalue weighted by molar-refractivity contribution is 5.67. The van der Waals surface area contributed by atoms with Crippen LogP contribution in [0.1, 0.15) is 38.8 Å². The highest BCUT2D eigenvalue weighted by Crippen LogP contribution is 2.33. The summed E-state index contributed by atoms with van der Waals surface area (Å²) in [6.07, 6.45) is 2.22. The number of amides is 1. The zero-order chi connectivity index (χ0) is 13.8. The minimum atomic E-state index is -0.383. The first-order valence-electron chi connectivity index (χ1n) is 6.62. The molecule has 1 aromatic rings. The van der Waals surface area contributed by atoms with Gasteiger partial charge in [-0.1, -0.05) is 0 Å². The molecule has 2 rings (SSSR count). The van der Waals surface area contributed by atoms with Crippen molar-refractivity contribution in [2.45, 2.75) is 45.3 Å². The van der Waals surface area contributed by atoms with Gasteiger partial charge in [0.2, 0.25) is 0 Å². The predicted octanol–water partition coefficient (Wildman–Crippen LogP) is 2.47. The Kier molecular flexibility index (Phi) is 4.24. The van der Waals surface area contributed by atoms with E-state index < -0.39 is 0 Å². The molecule has 2 atom stereocenters. The molecule has 0 saturated carbocycles. The molecular weight excluding hydrogens is 244 g/mol. The lowest BCUT2D eigenvalue weighted by Crippen LogP contribution is -2.34. The number of ether oxygens (including phenoxy) is 2. The molecule has 0 aliphatic carbocycles. The molecule has 5 nitrogen and oxygen atoms in total. The van der Waals surface area contributed by atoms with Gasteiger partial charge in [-0.05, 0) is 39.3 Å². The summed E-state index contributed by atoms with van der Waals surface area (Å²) in [6.45, 7) is 6.19. The lowest BCUT2D eigenvalue weighted by Gasteiger charge is -2.29. The number of hydrogen-bond acceptors (Lipinski definition) is 4. The molecule has 104 valence electrons. The minimum absolute atomic E-state index is 0.112. The Bertz CT molecular complexity index is 448. The number of carbonyl (C=O) groups is 1. The number of alkyl carbamates (subject to hydrolysis) is 1. The van der Waals surface area contributed by atoms with E-state index in [2.05, 4.69) is 10.3 Å². The van der Waals surface area contributed by atoms with Crippen molar-refractivity contribution in [2.75, 3.05) is 6.54 Å². The summed E-state index contributed by atoms with van der Waals surface area (Å²) in [4.78, 5) is 15.9. The molecular formula is C14H20N2O3. The van der Waals surface area contributed by atoms with Gasteiger partial charge in [0.05, 0.1) is 17.9 Å². The molecule has 0 unspecified atom stereocenters. The van der Waals surface area contributed by atoms with Crippen LogP contribution in [-0.4, -0.2) is 29.8 Å². The van der Waals surface area contributed by atoms with E-state index in [1.54, 1.807) is 6.20 Å². The van der Waals surface area contributed by atoms with Gasteiger partial charge in [-0.3, -0.25) is 4.98 Å². The van der Waals surface area contributed by atoms with Gasteiger partial charge < -0.3 is 14.8 Å². The molecule has 19 heavy (non-hydrogen) atoms. The second-order valence-corrected chi connectivity index (χ2v) is 5.08. The van der Waals surface area contributed by atoms with Crippen LogP contribution in [0.25, 0.3) is 0 Å². The van der Waals surface area contributed by atoms with Crippen LogP contribution in [0.3, 0.4) is 0 Å². The van der Waals surface area contributed by atoms with E-state index in [1.165, 1.54) is 0 Å². The van der Waals surface area contributed by atoms with Crippen molar-refractivity contribution in [1.29, 1.82) is 0 Å². The second-order valence-electron chi connectivity index (χ2n) is 5.08. The maximum atomic E-state index is 11.5. The van der Waals surface area contributed by atoms with Crippen LogP contribution in [0.2, 0.25) is 0 Å². The van der Waals surface area contributed by atoms with E-state index in [1.807, 2.05) is 32.9 Å². The summed E-state index contributed by atoms with van der Waals surface area (Å²) in [5.41, 5.74) is 0.908. The third kappa shape index (κ3) is 3.59. The summed E-state index contributed by atoms with van der Waals surface area (Å²) >= 11 is 0. The van der Waals surface area contributed by atoms with Gasteiger partial charge in [0.25, 0.3) is 0 Å². The standard InChI is InChI=1S/C14H20N2O3/c1-9(2)18-14(17)16-8-11-7-10(3)19-12-5-4-6-15-13(11)12/h4-6,9-11H,7-8H2,1-3H3,(H,16,17)/t10-,11-/m1/s1. The van der Waals surface area contributed by atoms with E-state index in [4.69, 9.17) is 9.47 Å². The topological polar surface area (TPSA) is 60.5 Å². The van der Waals surface area contributed by atoms with Crippen molar-refractivity contribution < 1.29 is 14.3 Å². The summed E-state index contributed by atoms with van der Waals surface area (Å²) in [6, 6.07) is 3.77. The fourth-order valence-corrected chi connectivity index (χ4v) is 2.23. The van der Waals surface area contributed by atoms with Crippen LogP contribution in [0.4, 0.5) is 4.79 Å². The van der Waals surface area contributed by atoms with Crippen molar-refractivity contribution in [3.8, 4) is 5.75 Å². The van der Waals surface area contributed by atoms with Crippen LogP contribution in [-0.2, 0) is 4.74 Å². The largest absolute Gasteiger partial charge is 0.489 e. The SMILES string of the molecule is CC(C)OC(=O)NC[C@H]1C[C@@H](C)Oc2cccnc21. The molecule has 0 saturated heterocycles. The first kappa shape index (κ1) is 13.6. The maximum absolute atomic E-state index is 11.5. The fourth-order valence-electron chi connectivity index (χ4n) is 2.23. The zero-order valence-electron chi connectivity index (χ0n) is 11.6. The molecule has 1 aromatic heterocycles. The van der Waals surface area contributed by atoms with Gasteiger partial charge in [0, 0.05) is 18.7 Å². The maximum Gasteiger partial charge on any atom is 0.407 e. The number of hydrogen-bond donors (Lipinski definition) is 1. The molecule has 5 heteroatoms. The third-order valence-electron chi connectivity index (χ3n) is 2.97. The van der Waals surface area contributed by atoms with Crippen LogP contribution >= 0.6 is 0 Å². The molecule has 0 bridgehead atoms. The second kappa shape index (κ2) is 5.91. The Morgan fingerprint density at radius 3 is 3.16 bits per heavy atom. The summed E-state index contributed by atoms with van der Waals surface area (Å²) < 4.78 is 10.8. The molecule has 0 fully saturated rings. The number of pyridine rings is 1. The van der Waals surface area contributed by atoms with Crippen molar-refractivity contribution in [3.63, 3.8) is 0 Å². The van der Waals surface area contributed by atoms with Gasteiger partial charge in [-0.15, -0.1) is 0 Å². The van der Waals surface area contributed by atoms with Crippen molar-refractivity contribution in [3.05, 3.63) is 24.0 Å². The lowest BCUT2D eigenvalue weighted by molar-refractivity contribution is 0.113. The molecule has 1 aliphatic rings. The average molecular weight is 264 g/mol. The molecule has 0 aromatic carbocycles. The highest BCUT2D eigenvalue weighted by Gasteiger charge is 2.27. The first-order chi connectivity index (χ1) is 9.06. The molecule has 1 aliphatic heterocycles. The van der Waals surface area contributed by atoms with E-state index in [-0.39, 0.29) is 24.2 Å². The van der Waals surface area contributed by atoms with Crippen LogP contribution < -0.4 is 10.1 Å². The Morgan fingerprint density at radius 1 is 1.63 bits per heavy atom. The summed E-state index contributed by atoms with van der Waals surface area (Å²) in [7, 11) is 0. The fraction of sp³-hybridized carbons (Fsp3) is 0.571. The predicted molar refractivity (Wildman–Crippen MR) is 71.3 cm³/mol. The molecule has 0 radical (unpaired) electrons. The zero-order valence-corrected chi connectivity index (χ0v) is 11.6. The van der Waals surface area contributed by atoms with Gasteiger partial charge >= 0.3 is 6.09 Å². The quantitative estimate of drug-likeness (QED) is 0.911. The van der Waals surface area contributed by atoms with Gasteiger partial charge in [0.1, 0.15) is 5.75 Å². The molecule has 1 amide bonds. The minimum Gasteiger partial charge on any atom is -0.489 e. The number of fused-ring (bicyclic) bond motifs is 1. The summed E-state index contributed by atoms with van der Waals surface area (Å²) in [5.74, 6) is 0.977. The molecule has 2 heterocycles. The summed E-state index contributed by atoms with van der Waals surface area (Å²) in [5, 5.41) is 2.79. The Morgan fingerprint density at radius 2 is 2.42 bits per heavy atom. The average Bonchev–Trinajstić information content (AvgIpc) is 2.35. The van der Waals surface area contributed by atoms with Gasteiger partial charge in [0.15, 0.2) is 0 Å². The Hall–Kier alpha value is -1.78. The van der Waals surface area contributed by atoms with Gasteiger partial charge in [-0.2, -0.15) is 0 Å². The monoisotopic (exact) mass is 264 g/mol. The van der Waals surface area contributed by atoms with E-state index in [0.717, 1.165) is 17.9 Å². The third-order valence-corrected chi connectivity index (χ3v) is 2.97. The number of carbonyl (C=O) groups excluding carboxylic acids is 1. The van der Waals surface area contributed by atoms with Crippen LogP contribution in [0.15, 0.2) is 18.3 Å². The van der Waals surface area contributed by atoms with Crippen molar-refractivity contribution in [2.24, 2.45) is 0 Å². The molecule has 1 N–H and O–H groups in total.